The first-order valence-corrected chi connectivity index (χ1v) is 6.25. The monoisotopic (exact) mass is 226 g/mol. The number of hydrogen-bond donors (Lipinski definition) is 2. The van der Waals surface area contributed by atoms with Gasteiger partial charge in [0, 0.05) is 12.0 Å². The fraction of sp³-hybridized carbons (Fsp3) is 0.923. The molecule has 1 aliphatic carbocycles. The Kier molecular flexibility index (Phi) is 3.68. The van der Waals surface area contributed by atoms with Crippen molar-refractivity contribution in [2.45, 2.75) is 53.5 Å². The summed E-state index contributed by atoms with van der Waals surface area (Å²) in [5, 5.41) is 3.16. The van der Waals surface area contributed by atoms with Crippen LogP contribution < -0.4 is 11.1 Å². The van der Waals surface area contributed by atoms with Crippen molar-refractivity contribution in [1.82, 2.24) is 5.32 Å². The van der Waals surface area contributed by atoms with Crippen LogP contribution in [0.4, 0.5) is 0 Å². The van der Waals surface area contributed by atoms with Gasteiger partial charge in [-0.3, -0.25) is 4.79 Å². The normalized spacial score (nSPS) is 23.9. The second-order valence-corrected chi connectivity index (χ2v) is 6.22. The third-order valence-electron chi connectivity index (χ3n) is 4.60. The molecule has 1 saturated carbocycles. The molecule has 1 fully saturated rings. The first kappa shape index (κ1) is 13.5. The van der Waals surface area contributed by atoms with Crippen LogP contribution in [-0.4, -0.2) is 18.5 Å². The van der Waals surface area contributed by atoms with Crippen LogP contribution in [0.15, 0.2) is 0 Å². The van der Waals surface area contributed by atoms with Gasteiger partial charge in [0.2, 0.25) is 5.91 Å². The second-order valence-electron chi connectivity index (χ2n) is 6.22. The number of nitrogens with one attached hydrogen (secondary N) is 1. The van der Waals surface area contributed by atoms with E-state index in [0.29, 0.717) is 12.6 Å². The minimum Gasteiger partial charge on any atom is -0.352 e. The van der Waals surface area contributed by atoms with E-state index in [2.05, 4.69) is 33.0 Å². The van der Waals surface area contributed by atoms with Gasteiger partial charge in [0.15, 0.2) is 0 Å². The van der Waals surface area contributed by atoms with Gasteiger partial charge in [0.05, 0.1) is 0 Å². The molecule has 1 rings (SSSR count). The molecule has 94 valence electrons. The second kappa shape index (κ2) is 4.36. The van der Waals surface area contributed by atoms with E-state index in [1.165, 1.54) is 0 Å². The summed E-state index contributed by atoms with van der Waals surface area (Å²) in [5.41, 5.74) is 5.88. The molecule has 0 aromatic rings. The molecule has 16 heavy (non-hydrogen) atoms. The van der Waals surface area contributed by atoms with Crippen LogP contribution in [0.25, 0.3) is 0 Å². The highest BCUT2D eigenvalue weighted by Crippen LogP contribution is 2.62. The Morgan fingerprint density at radius 2 is 1.81 bits per heavy atom. The Labute approximate surface area is 99.2 Å². The maximum Gasteiger partial charge on any atom is 0.223 e. The van der Waals surface area contributed by atoms with E-state index < -0.39 is 0 Å². The summed E-state index contributed by atoms with van der Waals surface area (Å²) in [7, 11) is 0. The molecule has 0 heterocycles. The number of carbonyl (C=O) groups excluding carboxylic acids is 1. The Balaban J connectivity index is 2.42. The molecule has 1 aliphatic rings. The van der Waals surface area contributed by atoms with Gasteiger partial charge in [-0.15, -0.1) is 0 Å². The zero-order valence-electron chi connectivity index (χ0n) is 11.3. The molecule has 1 amide bonds. The Morgan fingerprint density at radius 3 is 2.19 bits per heavy atom. The van der Waals surface area contributed by atoms with Gasteiger partial charge < -0.3 is 11.1 Å². The standard InChI is InChI=1S/C13H26N2O/c1-9(7-6-8-14)10(16)15-11-12(2,3)13(11,4)5/h9,11H,6-8,14H2,1-5H3,(H,15,16). The van der Waals surface area contributed by atoms with Gasteiger partial charge in [-0.2, -0.15) is 0 Å². The van der Waals surface area contributed by atoms with E-state index in [-0.39, 0.29) is 22.7 Å². The predicted molar refractivity (Wildman–Crippen MR) is 66.9 cm³/mol. The quantitative estimate of drug-likeness (QED) is 0.752. The zero-order chi connectivity index (χ0) is 12.6. The third kappa shape index (κ3) is 2.24. The first-order chi connectivity index (χ1) is 7.25. The molecule has 0 aliphatic heterocycles. The SMILES string of the molecule is CC(CCCN)C(=O)NC1C(C)(C)C1(C)C. The Bertz CT molecular complexity index is 257. The number of hydrogen-bond acceptors (Lipinski definition) is 2. The van der Waals surface area contributed by atoms with Gasteiger partial charge in [0.1, 0.15) is 0 Å². The predicted octanol–water partition coefficient (Wildman–Crippen LogP) is 1.91. The van der Waals surface area contributed by atoms with Crippen LogP contribution in [0, 0.1) is 16.7 Å². The smallest absolute Gasteiger partial charge is 0.223 e. The summed E-state index contributed by atoms with van der Waals surface area (Å²) in [6.07, 6.45) is 1.81. The van der Waals surface area contributed by atoms with Gasteiger partial charge >= 0.3 is 0 Å². The van der Waals surface area contributed by atoms with Crippen LogP contribution in [0.5, 0.6) is 0 Å². The van der Waals surface area contributed by atoms with E-state index in [1.54, 1.807) is 0 Å². The fourth-order valence-corrected chi connectivity index (χ4v) is 2.40. The average molecular weight is 226 g/mol. The number of rotatable bonds is 5. The molecule has 0 aromatic heterocycles. The summed E-state index contributed by atoms with van der Waals surface area (Å²) >= 11 is 0. The van der Waals surface area contributed by atoms with E-state index >= 15 is 0 Å². The zero-order valence-corrected chi connectivity index (χ0v) is 11.3. The van der Waals surface area contributed by atoms with Gasteiger partial charge in [-0.05, 0) is 30.2 Å². The highest BCUT2D eigenvalue weighted by molar-refractivity contribution is 5.79. The largest absolute Gasteiger partial charge is 0.352 e. The maximum atomic E-state index is 11.9. The van der Waals surface area contributed by atoms with Crippen molar-refractivity contribution in [3.63, 3.8) is 0 Å². The summed E-state index contributed by atoms with van der Waals surface area (Å²) < 4.78 is 0. The van der Waals surface area contributed by atoms with Crippen LogP contribution in [0.3, 0.4) is 0 Å². The van der Waals surface area contributed by atoms with Crippen molar-refractivity contribution >= 4 is 5.91 Å². The van der Waals surface area contributed by atoms with Crippen LogP contribution in [0.2, 0.25) is 0 Å². The maximum absolute atomic E-state index is 11.9. The molecule has 3 nitrogen and oxygen atoms in total. The minimum absolute atomic E-state index is 0.0794. The Morgan fingerprint density at radius 1 is 1.31 bits per heavy atom. The molecule has 0 aromatic carbocycles. The van der Waals surface area contributed by atoms with Gasteiger partial charge in [0.25, 0.3) is 0 Å². The van der Waals surface area contributed by atoms with Crippen molar-refractivity contribution < 1.29 is 4.79 Å². The summed E-state index contributed by atoms with van der Waals surface area (Å²) in [4.78, 5) is 11.9. The molecule has 3 N–H and O–H groups in total. The van der Waals surface area contributed by atoms with E-state index in [1.807, 2.05) is 6.92 Å². The molecular weight excluding hydrogens is 200 g/mol. The molecule has 1 unspecified atom stereocenters. The van der Waals surface area contributed by atoms with Gasteiger partial charge in [-0.25, -0.2) is 0 Å². The van der Waals surface area contributed by atoms with Crippen LogP contribution >= 0.6 is 0 Å². The minimum atomic E-state index is 0.0794. The number of carbonyl (C=O) groups is 1. The highest BCUT2D eigenvalue weighted by atomic mass is 16.2. The van der Waals surface area contributed by atoms with Crippen molar-refractivity contribution in [2.75, 3.05) is 6.54 Å². The van der Waals surface area contributed by atoms with Crippen LogP contribution in [-0.2, 0) is 4.79 Å². The number of amides is 1. The lowest BCUT2D eigenvalue weighted by Gasteiger charge is -2.12. The summed E-state index contributed by atoms with van der Waals surface area (Å²) in [6.45, 7) is 11.5. The van der Waals surface area contributed by atoms with E-state index in [0.717, 1.165) is 12.8 Å². The van der Waals surface area contributed by atoms with Gasteiger partial charge in [-0.1, -0.05) is 34.6 Å². The molecule has 3 heteroatoms. The topological polar surface area (TPSA) is 55.1 Å². The molecule has 0 saturated heterocycles. The van der Waals surface area contributed by atoms with Crippen molar-refractivity contribution in [1.29, 1.82) is 0 Å². The Hall–Kier alpha value is -0.570. The molecule has 0 radical (unpaired) electrons. The summed E-state index contributed by atoms with van der Waals surface area (Å²) in [6, 6.07) is 0.313. The highest BCUT2D eigenvalue weighted by Gasteiger charge is 2.65. The van der Waals surface area contributed by atoms with E-state index in [9.17, 15) is 4.79 Å². The molecule has 1 atom stereocenters. The van der Waals surface area contributed by atoms with E-state index in [4.69, 9.17) is 5.73 Å². The van der Waals surface area contributed by atoms with Crippen molar-refractivity contribution in [3.8, 4) is 0 Å². The molecular formula is C13H26N2O. The van der Waals surface area contributed by atoms with Crippen molar-refractivity contribution in [3.05, 3.63) is 0 Å². The summed E-state index contributed by atoms with van der Waals surface area (Å²) in [5.74, 6) is 0.257. The average Bonchev–Trinajstić information content (AvgIpc) is 2.57. The first-order valence-electron chi connectivity index (χ1n) is 6.25. The molecule has 0 bridgehead atoms. The third-order valence-corrected chi connectivity index (χ3v) is 4.60. The molecule has 0 spiro atoms. The van der Waals surface area contributed by atoms with Crippen molar-refractivity contribution in [2.24, 2.45) is 22.5 Å². The number of nitrogens with two attached hydrogens (primary N) is 1. The lowest BCUT2D eigenvalue weighted by Crippen LogP contribution is -2.34. The lowest BCUT2D eigenvalue weighted by molar-refractivity contribution is -0.125. The lowest BCUT2D eigenvalue weighted by atomic mass is 10.0. The van der Waals surface area contributed by atoms with Crippen LogP contribution in [0.1, 0.15) is 47.5 Å². The fourth-order valence-electron chi connectivity index (χ4n) is 2.40.